The van der Waals surface area contributed by atoms with Crippen LogP contribution < -0.4 is 10.6 Å². The van der Waals surface area contributed by atoms with E-state index >= 15 is 0 Å². The Morgan fingerprint density at radius 3 is 2.40 bits per heavy atom. The second kappa shape index (κ2) is 14.7. The van der Waals surface area contributed by atoms with Gasteiger partial charge in [-0.2, -0.15) is 5.26 Å². The molecule has 0 spiro atoms. The minimum atomic E-state index is -3.59. The molecule has 1 aliphatic heterocycles. The number of carbonyl (C=O) groups is 2. The van der Waals surface area contributed by atoms with E-state index in [1.165, 1.54) is 11.8 Å². The van der Waals surface area contributed by atoms with Crippen molar-refractivity contribution >= 4 is 33.4 Å². The van der Waals surface area contributed by atoms with Crippen LogP contribution in [0.15, 0.2) is 64.4 Å². The van der Waals surface area contributed by atoms with Crippen LogP contribution in [-0.2, 0) is 26.0 Å². The molecule has 2 N–H and O–H groups in total. The lowest BCUT2D eigenvalue weighted by Crippen LogP contribution is -2.46. The number of hydrogen-bond donors (Lipinski definition) is 2. The molecule has 0 radical (unpaired) electrons. The molecule has 1 saturated carbocycles. The Morgan fingerprint density at radius 2 is 1.70 bits per heavy atom. The van der Waals surface area contributed by atoms with Gasteiger partial charge >= 0.3 is 0 Å². The Hall–Kier alpha value is -2.87. The van der Waals surface area contributed by atoms with Crippen molar-refractivity contribution in [1.82, 2.24) is 15.5 Å². The van der Waals surface area contributed by atoms with E-state index in [1.54, 1.807) is 24.3 Å². The summed E-state index contributed by atoms with van der Waals surface area (Å²) in [6.45, 7) is 2.31. The molecule has 4 rings (SSSR count). The molecule has 2 atom stereocenters. The maximum Gasteiger partial charge on any atom is 0.233 e. The molecule has 8 nitrogen and oxygen atoms in total. The minimum absolute atomic E-state index is 0.0711. The first-order valence-corrected chi connectivity index (χ1v) is 16.7. The molecule has 1 heterocycles. The summed E-state index contributed by atoms with van der Waals surface area (Å²) in [7, 11) is -3.59. The summed E-state index contributed by atoms with van der Waals surface area (Å²) in [5.74, 6) is -0.622. The molecule has 2 fully saturated rings. The highest BCUT2D eigenvalue weighted by atomic mass is 32.2. The van der Waals surface area contributed by atoms with E-state index in [0.717, 1.165) is 49.2 Å². The molecule has 0 unspecified atom stereocenters. The fraction of sp³-hybridized carbons (Fsp3) is 0.500. The lowest BCUT2D eigenvalue weighted by atomic mass is 9.80. The SMILES string of the molecule is N#CCNC(=O)[C@@H]1CCCC[C@H]1CS(=O)(=O)c1ccc(SCC(=O)N(Cc2ccccc2)C2CCNCC2)cc1. The van der Waals surface area contributed by atoms with E-state index in [4.69, 9.17) is 5.26 Å². The van der Waals surface area contributed by atoms with E-state index in [1.807, 2.05) is 41.3 Å². The van der Waals surface area contributed by atoms with Gasteiger partial charge in [-0.05, 0) is 74.5 Å². The third kappa shape index (κ3) is 8.32. The van der Waals surface area contributed by atoms with Crippen LogP contribution in [-0.4, -0.2) is 62.3 Å². The molecule has 40 heavy (non-hydrogen) atoms. The largest absolute Gasteiger partial charge is 0.343 e. The van der Waals surface area contributed by atoms with Crippen molar-refractivity contribution in [1.29, 1.82) is 5.26 Å². The number of hydrogen-bond acceptors (Lipinski definition) is 7. The summed E-state index contributed by atoms with van der Waals surface area (Å²) in [5, 5.41) is 14.7. The van der Waals surface area contributed by atoms with E-state index in [9.17, 15) is 18.0 Å². The smallest absolute Gasteiger partial charge is 0.233 e. The van der Waals surface area contributed by atoms with Crippen molar-refractivity contribution in [3.63, 3.8) is 0 Å². The van der Waals surface area contributed by atoms with E-state index in [-0.39, 0.29) is 46.7 Å². The first-order chi connectivity index (χ1) is 19.4. The number of rotatable bonds is 11. The number of nitrogens with one attached hydrogen (secondary N) is 2. The molecule has 0 bridgehead atoms. The van der Waals surface area contributed by atoms with Gasteiger partial charge in [0.2, 0.25) is 11.8 Å². The van der Waals surface area contributed by atoms with Gasteiger partial charge in [-0.15, -0.1) is 11.8 Å². The summed E-state index contributed by atoms with van der Waals surface area (Å²) in [4.78, 5) is 28.9. The average molecular weight is 583 g/mol. The van der Waals surface area contributed by atoms with Crippen LogP contribution in [0.3, 0.4) is 0 Å². The molecule has 0 aromatic heterocycles. The molecule has 1 saturated heterocycles. The van der Waals surface area contributed by atoms with Gasteiger partial charge in [0.1, 0.15) is 6.54 Å². The summed E-state index contributed by atoms with van der Waals surface area (Å²) < 4.78 is 26.5. The number of nitrogens with zero attached hydrogens (tertiary/aromatic N) is 2. The predicted octanol–water partition coefficient (Wildman–Crippen LogP) is 3.78. The van der Waals surface area contributed by atoms with Gasteiger partial charge in [-0.25, -0.2) is 8.42 Å². The van der Waals surface area contributed by atoms with Crippen LogP contribution in [0.25, 0.3) is 0 Å². The van der Waals surface area contributed by atoms with Gasteiger partial charge in [0.25, 0.3) is 0 Å². The monoisotopic (exact) mass is 582 g/mol. The topological polar surface area (TPSA) is 119 Å². The van der Waals surface area contributed by atoms with E-state index < -0.39 is 15.8 Å². The maximum absolute atomic E-state index is 13.4. The van der Waals surface area contributed by atoms with Crippen LogP contribution in [0.1, 0.15) is 44.1 Å². The van der Waals surface area contributed by atoms with Crippen LogP contribution in [0, 0.1) is 23.2 Å². The number of sulfone groups is 1. The number of carbonyl (C=O) groups excluding carboxylic acids is 2. The molecule has 2 amide bonds. The van der Waals surface area contributed by atoms with Crippen molar-refractivity contribution in [3.8, 4) is 6.07 Å². The van der Waals surface area contributed by atoms with E-state index in [0.29, 0.717) is 19.4 Å². The Labute approximate surface area is 241 Å². The van der Waals surface area contributed by atoms with Crippen molar-refractivity contribution < 1.29 is 18.0 Å². The third-order valence-electron chi connectivity index (χ3n) is 7.83. The second-order valence-corrected chi connectivity index (χ2v) is 13.6. The fourth-order valence-corrected chi connectivity index (χ4v) is 8.17. The van der Waals surface area contributed by atoms with Crippen molar-refractivity contribution in [2.24, 2.45) is 11.8 Å². The Morgan fingerprint density at radius 1 is 1.00 bits per heavy atom. The molecule has 2 aliphatic rings. The Bertz CT molecular complexity index is 1270. The maximum atomic E-state index is 13.4. The number of thioether (sulfide) groups is 1. The predicted molar refractivity (Wildman–Crippen MR) is 156 cm³/mol. The highest BCUT2D eigenvalue weighted by Gasteiger charge is 2.34. The normalized spacial score (nSPS) is 19.9. The van der Waals surface area contributed by atoms with Crippen molar-refractivity contribution in [2.75, 3.05) is 31.1 Å². The summed E-state index contributed by atoms with van der Waals surface area (Å²) >= 11 is 1.42. The van der Waals surface area contributed by atoms with Gasteiger partial charge in [0, 0.05) is 23.4 Å². The van der Waals surface area contributed by atoms with Gasteiger partial charge in [0.05, 0.1) is 22.5 Å². The third-order valence-corrected chi connectivity index (χ3v) is 10.7. The number of piperidine rings is 1. The van der Waals surface area contributed by atoms with Crippen LogP contribution in [0.5, 0.6) is 0 Å². The first-order valence-electron chi connectivity index (χ1n) is 14.0. The van der Waals surface area contributed by atoms with Gasteiger partial charge < -0.3 is 15.5 Å². The Kier molecular flexibility index (Phi) is 11.0. The highest BCUT2D eigenvalue weighted by molar-refractivity contribution is 8.00. The zero-order valence-electron chi connectivity index (χ0n) is 22.8. The van der Waals surface area contributed by atoms with Crippen LogP contribution >= 0.6 is 11.8 Å². The van der Waals surface area contributed by atoms with Crippen LogP contribution in [0.4, 0.5) is 0 Å². The lowest BCUT2D eigenvalue weighted by molar-refractivity contribution is -0.132. The van der Waals surface area contributed by atoms with Gasteiger partial charge in [-0.1, -0.05) is 43.2 Å². The average Bonchev–Trinajstić information content (AvgIpc) is 2.98. The highest BCUT2D eigenvalue weighted by Crippen LogP contribution is 2.33. The molecule has 214 valence electrons. The zero-order valence-corrected chi connectivity index (χ0v) is 24.4. The lowest BCUT2D eigenvalue weighted by Gasteiger charge is -2.35. The van der Waals surface area contributed by atoms with Crippen molar-refractivity contribution in [3.05, 3.63) is 60.2 Å². The minimum Gasteiger partial charge on any atom is -0.343 e. The summed E-state index contributed by atoms with van der Waals surface area (Å²) in [5.41, 5.74) is 1.11. The molecule has 2 aromatic carbocycles. The van der Waals surface area contributed by atoms with Gasteiger partial charge in [-0.3, -0.25) is 9.59 Å². The molecule has 2 aromatic rings. The van der Waals surface area contributed by atoms with Gasteiger partial charge in [0.15, 0.2) is 9.84 Å². The van der Waals surface area contributed by atoms with Crippen LogP contribution in [0.2, 0.25) is 0 Å². The van der Waals surface area contributed by atoms with E-state index in [2.05, 4.69) is 10.6 Å². The summed E-state index contributed by atoms with van der Waals surface area (Å²) in [6.07, 6.45) is 4.95. The molecular formula is C30H38N4O4S2. The fourth-order valence-electron chi connectivity index (χ4n) is 5.68. The molecule has 10 heteroatoms. The quantitative estimate of drug-likeness (QED) is 0.306. The number of benzene rings is 2. The second-order valence-electron chi connectivity index (χ2n) is 10.6. The summed E-state index contributed by atoms with van der Waals surface area (Å²) in [6, 6.07) is 18.9. The number of amides is 2. The molecule has 1 aliphatic carbocycles. The van der Waals surface area contributed by atoms with Crippen molar-refractivity contribution in [2.45, 2.75) is 60.9 Å². The standard InChI is InChI=1S/C30H38N4O4S2/c31-16-19-33-30(36)28-9-5-4-8-24(28)22-40(37,38)27-12-10-26(11-13-27)39-21-29(35)34(25-14-17-32-18-15-25)20-23-6-2-1-3-7-23/h1-3,6-7,10-13,24-25,28,32H,4-5,8-9,14-15,17-22H2,(H,33,36)/t24-,28+/m0/s1. The Balaban J connectivity index is 1.37. The zero-order chi connectivity index (χ0) is 28.4. The number of nitriles is 1. The molecular weight excluding hydrogens is 544 g/mol. The first kappa shape index (κ1) is 30.1.